The zero-order chi connectivity index (χ0) is 46.1. The molecule has 3 aromatic rings. The Balaban J connectivity index is 1.11. The van der Waals surface area contributed by atoms with E-state index in [1.165, 1.54) is 19.9 Å². The van der Waals surface area contributed by atoms with Crippen molar-refractivity contribution in [1.82, 2.24) is 33.9 Å². The molecule has 0 saturated carbocycles. The van der Waals surface area contributed by atoms with Crippen LogP contribution in [0, 0.1) is 0 Å². The number of aliphatic hydroxyl groups excluding tert-OH is 7. The highest BCUT2D eigenvalue weighted by atomic mass is 16.7. The molecule has 2 fully saturated rings. The van der Waals surface area contributed by atoms with Gasteiger partial charge in [-0.2, -0.15) is 0 Å². The Morgan fingerprint density at radius 3 is 2.06 bits per heavy atom. The van der Waals surface area contributed by atoms with Gasteiger partial charge in [0.05, 0.1) is 55.4 Å². The predicted octanol–water partition coefficient (Wildman–Crippen LogP) is -4.40. The number of nitrogens with zero attached hydrogens (tertiary/aromatic N) is 8. The first-order chi connectivity index (χ1) is 30.6. The maximum Gasteiger partial charge on any atom is 0.263 e. The SMILES string of the molecule is CN(C)CCCn1c(O)c2ccc3c4c2c(c(=NCc2cn(CCO[C@@H]5O[C@H](CO)[C@@H](O[C@H]6O[C@H](CO)[C@@H](O)[C@H](O)[C@H]6O)[C@H](O)[C@H]5O)nn2)cc-4c(=O)n(CCCN(C)C)c3=O)c1=O. The summed E-state index contributed by atoms with van der Waals surface area (Å²) in [6.07, 6.45) is -13.3. The maximum atomic E-state index is 14.3. The number of aliphatic hydroxyl groups is 7. The third-order valence-corrected chi connectivity index (χ3v) is 11.7. The van der Waals surface area contributed by atoms with Crippen molar-refractivity contribution < 1.29 is 59.8 Å². The molecular weight excluding hydrogens is 844 g/mol. The highest BCUT2D eigenvalue weighted by Gasteiger charge is 2.50. The van der Waals surface area contributed by atoms with E-state index in [2.05, 4.69) is 10.3 Å². The summed E-state index contributed by atoms with van der Waals surface area (Å²) in [6, 6.07) is 4.68. The van der Waals surface area contributed by atoms with Crippen molar-refractivity contribution in [1.29, 1.82) is 0 Å². The van der Waals surface area contributed by atoms with Gasteiger partial charge in [0, 0.05) is 34.8 Å². The molecule has 4 aliphatic rings. The van der Waals surface area contributed by atoms with Gasteiger partial charge in [0.15, 0.2) is 12.6 Å². The molecule has 5 heterocycles. The van der Waals surface area contributed by atoms with E-state index in [9.17, 15) is 55.2 Å². The largest absolute Gasteiger partial charge is 0.494 e. The number of hydrogen-bond donors (Lipinski definition) is 8. The highest BCUT2D eigenvalue weighted by Crippen LogP contribution is 2.37. The van der Waals surface area contributed by atoms with E-state index in [0.717, 1.165) is 0 Å². The number of pyridine rings is 2. The zero-order valence-electron chi connectivity index (χ0n) is 35.9. The van der Waals surface area contributed by atoms with Gasteiger partial charge in [-0.25, -0.2) is 4.68 Å². The number of aromatic hydroxyl groups is 1. The van der Waals surface area contributed by atoms with Gasteiger partial charge in [-0.05, 0) is 72.3 Å². The van der Waals surface area contributed by atoms with Gasteiger partial charge in [-0.3, -0.25) is 28.5 Å². The van der Waals surface area contributed by atoms with Crippen LogP contribution < -0.4 is 22.0 Å². The van der Waals surface area contributed by atoms with Crippen molar-refractivity contribution in [2.75, 3.05) is 61.1 Å². The minimum atomic E-state index is -1.81. The zero-order valence-corrected chi connectivity index (χ0v) is 35.9. The van der Waals surface area contributed by atoms with Crippen LogP contribution in [0.5, 0.6) is 5.88 Å². The Bertz CT molecular complexity index is 2580. The normalized spacial score (nSPS) is 27.0. The molecule has 64 heavy (non-hydrogen) atoms. The highest BCUT2D eigenvalue weighted by molar-refractivity contribution is 6.15. The number of rotatable bonds is 18. The van der Waals surface area contributed by atoms with Crippen molar-refractivity contribution >= 4 is 21.5 Å². The molecule has 0 bridgehead atoms. The summed E-state index contributed by atoms with van der Waals surface area (Å²) in [7, 11) is 7.59. The fourth-order valence-corrected chi connectivity index (χ4v) is 8.33. The lowest BCUT2D eigenvalue weighted by atomic mass is 9.90. The first kappa shape index (κ1) is 47.4. The summed E-state index contributed by atoms with van der Waals surface area (Å²) >= 11 is 0. The number of ether oxygens (including phenoxy) is 4. The van der Waals surface area contributed by atoms with E-state index in [0.29, 0.717) is 37.0 Å². The fourth-order valence-electron chi connectivity index (χ4n) is 8.33. The minimum Gasteiger partial charge on any atom is -0.494 e. The van der Waals surface area contributed by atoms with E-state index in [1.54, 1.807) is 18.3 Å². The quantitative estimate of drug-likeness (QED) is 0.0385. The molecule has 10 atom stereocenters. The average Bonchev–Trinajstić information content (AvgIpc) is 3.73. The third kappa shape index (κ3) is 9.26. The van der Waals surface area contributed by atoms with Crippen molar-refractivity contribution in [2.24, 2.45) is 4.99 Å². The first-order valence-corrected chi connectivity index (χ1v) is 21.0. The molecule has 23 nitrogen and oxygen atoms in total. The molecular formula is C41H56N8O15. The van der Waals surface area contributed by atoms with Crippen LogP contribution in [-0.4, -0.2) is 197 Å². The minimum absolute atomic E-state index is 0.0590. The molecule has 0 unspecified atom stereocenters. The monoisotopic (exact) mass is 900 g/mol. The van der Waals surface area contributed by atoms with Crippen molar-refractivity contribution in [3.8, 4) is 17.0 Å². The fraction of sp³-hybridized carbons (Fsp3) is 0.610. The van der Waals surface area contributed by atoms with Crippen LogP contribution in [0.15, 0.2) is 43.8 Å². The molecule has 350 valence electrons. The second kappa shape index (κ2) is 19.9. The summed E-state index contributed by atoms with van der Waals surface area (Å²) in [4.78, 5) is 50.8. The maximum absolute atomic E-state index is 14.3. The Morgan fingerprint density at radius 2 is 1.39 bits per heavy atom. The molecule has 0 spiro atoms. The van der Waals surface area contributed by atoms with Crippen LogP contribution in [0.25, 0.3) is 32.7 Å². The topological polar surface area (TPSA) is 309 Å². The van der Waals surface area contributed by atoms with E-state index >= 15 is 0 Å². The van der Waals surface area contributed by atoms with Gasteiger partial charge in [-0.15, -0.1) is 5.10 Å². The third-order valence-electron chi connectivity index (χ3n) is 11.7. The van der Waals surface area contributed by atoms with Crippen molar-refractivity contribution in [2.45, 2.75) is 100 Å². The van der Waals surface area contributed by atoms with Crippen LogP contribution in [0.4, 0.5) is 0 Å². The van der Waals surface area contributed by atoms with Gasteiger partial charge in [0.2, 0.25) is 5.88 Å². The lowest BCUT2D eigenvalue weighted by Crippen LogP contribution is -2.64. The number of benzene rings is 2. The second-order valence-corrected chi connectivity index (χ2v) is 16.7. The summed E-state index contributed by atoms with van der Waals surface area (Å²) in [5.74, 6) is -0.279. The molecule has 0 amide bonds. The van der Waals surface area contributed by atoms with Crippen LogP contribution >= 0.6 is 0 Å². The lowest BCUT2D eigenvalue weighted by molar-refractivity contribution is -0.359. The van der Waals surface area contributed by atoms with Gasteiger partial charge in [0.25, 0.3) is 16.7 Å². The Morgan fingerprint density at radius 1 is 0.750 bits per heavy atom. The summed E-state index contributed by atoms with van der Waals surface area (Å²) in [6.45, 7) is 0.0179. The van der Waals surface area contributed by atoms with E-state index in [4.69, 9.17) is 23.9 Å². The molecule has 2 saturated heterocycles. The van der Waals surface area contributed by atoms with E-state index in [-0.39, 0.29) is 71.3 Å². The smallest absolute Gasteiger partial charge is 0.263 e. The van der Waals surface area contributed by atoms with Gasteiger partial charge >= 0.3 is 0 Å². The summed E-state index contributed by atoms with van der Waals surface area (Å²) in [5.41, 5.74) is -0.740. The first-order valence-electron chi connectivity index (χ1n) is 21.0. The van der Waals surface area contributed by atoms with E-state index in [1.807, 2.05) is 38.0 Å². The van der Waals surface area contributed by atoms with Gasteiger partial charge in [-0.1, -0.05) is 5.21 Å². The van der Waals surface area contributed by atoms with Crippen LogP contribution in [0.2, 0.25) is 0 Å². The summed E-state index contributed by atoms with van der Waals surface area (Å²) < 4.78 is 26.2. The second-order valence-electron chi connectivity index (χ2n) is 16.7. The van der Waals surface area contributed by atoms with Crippen LogP contribution in [0.3, 0.4) is 0 Å². The van der Waals surface area contributed by atoms with Gasteiger partial charge in [0.1, 0.15) is 54.5 Å². The number of hydrogen-bond acceptors (Lipinski definition) is 20. The van der Waals surface area contributed by atoms with Crippen LogP contribution in [-0.2, 0) is 45.1 Å². The predicted molar refractivity (Wildman–Crippen MR) is 225 cm³/mol. The Labute approximate surface area is 364 Å². The average molecular weight is 901 g/mol. The van der Waals surface area contributed by atoms with Crippen molar-refractivity contribution in [3.63, 3.8) is 0 Å². The molecule has 23 heteroatoms. The Hall–Kier alpha value is -4.60. The van der Waals surface area contributed by atoms with Gasteiger partial charge < -0.3 is 69.6 Å². The molecule has 1 aromatic carbocycles. The molecule has 0 radical (unpaired) electrons. The molecule has 2 aromatic heterocycles. The van der Waals surface area contributed by atoms with E-state index < -0.39 is 91.3 Å². The number of aromatic nitrogens is 5. The van der Waals surface area contributed by atoms with Crippen molar-refractivity contribution in [3.05, 3.63) is 66.5 Å². The summed E-state index contributed by atoms with van der Waals surface area (Å²) in [5, 5.41) is 92.8. The molecule has 1 aliphatic carbocycles. The molecule has 8 N–H and O–H groups in total. The lowest BCUT2D eigenvalue weighted by Gasteiger charge is -2.45. The molecule has 7 rings (SSSR count). The standard InChI is InChI=1S/C41H56N8O15/c1-45(2)9-5-11-48-36(57)21-7-8-22-28-27(21)23(38(48)59)15-24(29(28)39(60)49(37(22)58)12-6-10-46(3)4)42-16-20-17-47(44-43-20)13-14-61-40-34(56)32(54)35(26(19-51)63-40)64-41-33(55)31(53)30(52)25(18-50)62-41/h7-8,15,17,25-26,30-35,40-41,50-56,58H,5-6,9-14,16,18-19H2,1-4H3/t25-,26-,30-,31+,32-,33-,34-,35-,40-,41-/m1/s1. The molecule has 3 aliphatic heterocycles. The van der Waals surface area contributed by atoms with Crippen LogP contribution in [0.1, 0.15) is 18.5 Å². The Kier molecular flexibility index (Phi) is 14.7.